The molecule has 3 aliphatic heterocycles. The summed E-state index contributed by atoms with van der Waals surface area (Å²) in [6, 6.07) is 13.0. The van der Waals surface area contributed by atoms with Gasteiger partial charge in [0.15, 0.2) is 0 Å². The molecule has 8 nitrogen and oxygen atoms in total. The molecule has 3 fully saturated rings. The van der Waals surface area contributed by atoms with E-state index in [-0.39, 0.29) is 30.9 Å². The van der Waals surface area contributed by atoms with Crippen molar-refractivity contribution in [3.05, 3.63) is 67.8 Å². The van der Waals surface area contributed by atoms with E-state index in [1.807, 2.05) is 56.3 Å². The van der Waals surface area contributed by atoms with Crippen molar-refractivity contribution in [2.75, 3.05) is 37.7 Å². The van der Waals surface area contributed by atoms with E-state index in [2.05, 4.69) is 13.2 Å². The summed E-state index contributed by atoms with van der Waals surface area (Å²) in [5, 5.41) is 11.6. The van der Waals surface area contributed by atoms with Gasteiger partial charge in [-0.1, -0.05) is 56.3 Å². The largest absolute Gasteiger partial charge is 0.396 e. The highest BCUT2D eigenvalue weighted by Crippen LogP contribution is 2.64. The lowest BCUT2D eigenvalue weighted by molar-refractivity contribution is -0.151. The molecule has 0 aromatic heterocycles. The van der Waals surface area contributed by atoms with Crippen molar-refractivity contribution in [2.24, 2.45) is 11.8 Å². The average Bonchev–Trinajstić information content (AvgIpc) is 3.62. The number of nitrogens with zero attached hydrogens (tertiary/aromatic N) is 3. The summed E-state index contributed by atoms with van der Waals surface area (Å²) in [5.41, 5.74) is -1.19. The van der Waals surface area contributed by atoms with Crippen molar-refractivity contribution in [1.29, 1.82) is 0 Å². The monoisotopic (exact) mass is 587 g/mol. The smallest absolute Gasteiger partial charge is 0.253 e. The molecular weight excluding hydrogens is 542 g/mol. The highest BCUT2D eigenvalue weighted by Gasteiger charge is 2.79. The van der Waals surface area contributed by atoms with Crippen LogP contribution in [0.5, 0.6) is 0 Å². The quantitative estimate of drug-likeness (QED) is 0.255. The minimum atomic E-state index is -1.11. The van der Waals surface area contributed by atoms with Gasteiger partial charge in [0.05, 0.1) is 17.4 Å². The molecule has 5 atom stereocenters. The van der Waals surface area contributed by atoms with E-state index in [0.717, 1.165) is 22.9 Å². The van der Waals surface area contributed by atoms with E-state index in [1.165, 1.54) is 0 Å². The molecule has 3 heterocycles. The van der Waals surface area contributed by atoms with Gasteiger partial charge in [0.2, 0.25) is 11.8 Å². The number of unbranched alkanes of at least 4 members (excludes halogenated alkanes) is 1. The van der Waals surface area contributed by atoms with Crippen molar-refractivity contribution in [2.45, 2.75) is 69.6 Å². The zero-order valence-corrected chi connectivity index (χ0v) is 25.5. The van der Waals surface area contributed by atoms with Crippen LogP contribution in [-0.4, -0.2) is 82.7 Å². The van der Waals surface area contributed by atoms with Gasteiger partial charge in [-0.2, -0.15) is 0 Å². The fourth-order valence-electron chi connectivity index (χ4n) is 7.87. The number of hydrogen-bond acceptors (Lipinski definition) is 5. The lowest BCUT2D eigenvalue weighted by Gasteiger charge is -2.37. The number of rotatable bonds is 14. The Kier molecular flexibility index (Phi) is 9.09. The van der Waals surface area contributed by atoms with Crippen molar-refractivity contribution < 1.29 is 24.2 Å². The van der Waals surface area contributed by atoms with Crippen molar-refractivity contribution in [3.8, 4) is 0 Å². The molecule has 3 amide bonds. The summed E-state index contributed by atoms with van der Waals surface area (Å²) in [6.45, 7) is 13.3. The molecule has 3 aliphatic rings. The predicted octanol–water partition coefficient (Wildman–Crippen LogP) is 4.71. The van der Waals surface area contributed by atoms with Crippen LogP contribution in [0.1, 0.15) is 52.4 Å². The standard InChI is InChI=1S/C35H45N3O5/c1-5-19-36(20-6-2)31(40)28-29-32(41)38(22-11-12-23-39)30(35(29)18-17-34(28,8-4)43-35)33(42)37(21-7-3)27-16-15-25-13-9-10-14-26(25)24-27/h5,7,9-10,13-16,24,28-30,39H,1,3,6,8,11-12,17-23H2,2,4H3/t28-,29-,30?,34+,35?/m0/s1. The molecule has 1 N–H and O–H groups in total. The van der Waals surface area contributed by atoms with Crippen LogP contribution < -0.4 is 4.90 Å². The Morgan fingerprint density at radius 2 is 1.79 bits per heavy atom. The lowest BCUT2D eigenvalue weighted by Crippen LogP contribution is -2.56. The second-order valence-corrected chi connectivity index (χ2v) is 12.1. The maximum atomic E-state index is 14.8. The Hall–Kier alpha value is -3.49. The SMILES string of the molecule is C=CCN(CCC)C(=O)[C@@H]1[C@H]2C(=O)N(CCCCO)C(C(=O)N(CC=C)c3ccc4ccccc4c3)C23CC[C@@]1(CC)O3. The predicted molar refractivity (Wildman–Crippen MR) is 168 cm³/mol. The topological polar surface area (TPSA) is 90.4 Å². The minimum Gasteiger partial charge on any atom is -0.396 e. The number of anilines is 1. The minimum absolute atomic E-state index is 0.00101. The third-order valence-corrected chi connectivity index (χ3v) is 9.77. The average molecular weight is 588 g/mol. The van der Waals surface area contributed by atoms with Gasteiger partial charge in [0.25, 0.3) is 5.91 Å². The summed E-state index contributed by atoms with van der Waals surface area (Å²) >= 11 is 0. The Labute approximate surface area is 255 Å². The molecule has 3 saturated heterocycles. The first-order chi connectivity index (χ1) is 20.8. The summed E-state index contributed by atoms with van der Waals surface area (Å²) in [6.07, 6.45) is 6.97. The lowest BCUT2D eigenvalue weighted by atomic mass is 9.64. The summed E-state index contributed by atoms with van der Waals surface area (Å²) in [7, 11) is 0. The Bertz CT molecular complexity index is 1390. The molecule has 230 valence electrons. The van der Waals surface area contributed by atoms with E-state index in [4.69, 9.17) is 4.74 Å². The molecule has 0 radical (unpaired) electrons. The van der Waals surface area contributed by atoms with Gasteiger partial charge in [-0.3, -0.25) is 14.4 Å². The number of carbonyl (C=O) groups is 3. The van der Waals surface area contributed by atoms with Crippen LogP contribution in [0.4, 0.5) is 5.69 Å². The number of aliphatic hydroxyl groups excluding tert-OH is 1. The van der Waals surface area contributed by atoms with Crippen molar-refractivity contribution in [3.63, 3.8) is 0 Å². The summed E-state index contributed by atoms with van der Waals surface area (Å²) in [5.74, 6) is -1.94. The highest BCUT2D eigenvalue weighted by atomic mass is 16.5. The van der Waals surface area contributed by atoms with Gasteiger partial charge in [0.1, 0.15) is 11.6 Å². The summed E-state index contributed by atoms with van der Waals surface area (Å²) in [4.78, 5) is 48.7. The van der Waals surface area contributed by atoms with Gasteiger partial charge in [-0.15, -0.1) is 13.2 Å². The molecule has 2 aromatic carbocycles. The first kappa shape index (κ1) is 31.0. The van der Waals surface area contributed by atoms with Crippen LogP contribution in [0.15, 0.2) is 67.8 Å². The second kappa shape index (κ2) is 12.6. The molecule has 0 saturated carbocycles. The zero-order chi connectivity index (χ0) is 30.8. The second-order valence-electron chi connectivity index (χ2n) is 12.1. The molecular formula is C35H45N3O5. The van der Waals surface area contributed by atoms with Gasteiger partial charge in [-0.25, -0.2) is 0 Å². The van der Waals surface area contributed by atoms with Crippen molar-refractivity contribution >= 4 is 34.2 Å². The van der Waals surface area contributed by atoms with E-state index >= 15 is 0 Å². The van der Waals surface area contributed by atoms with Crippen LogP contribution in [0, 0.1) is 11.8 Å². The molecule has 2 bridgehead atoms. The number of likely N-dealkylation sites (tertiary alicyclic amines) is 1. The number of ether oxygens (including phenoxy) is 1. The molecule has 0 aliphatic carbocycles. The Morgan fingerprint density at radius 1 is 1.05 bits per heavy atom. The first-order valence-corrected chi connectivity index (χ1v) is 15.7. The Balaban J connectivity index is 1.59. The molecule has 2 aromatic rings. The first-order valence-electron chi connectivity index (χ1n) is 15.7. The van der Waals surface area contributed by atoms with E-state index < -0.39 is 29.1 Å². The number of benzene rings is 2. The Morgan fingerprint density at radius 3 is 2.47 bits per heavy atom. The third kappa shape index (κ3) is 5.08. The van der Waals surface area contributed by atoms with Crippen molar-refractivity contribution in [1.82, 2.24) is 9.80 Å². The van der Waals surface area contributed by atoms with Crippen LogP contribution in [-0.2, 0) is 19.1 Å². The van der Waals surface area contributed by atoms with Gasteiger partial charge in [-0.05, 0) is 61.4 Å². The van der Waals surface area contributed by atoms with E-state index in [9.17, 15) is 19.5 Å². The van der Waals surface area contributed by atoms with Gasteiger partial charge >= 0.3 is 0 Å². The van der Waals surface area contributed by atoms with Crippen LogP contribution >= 0.6 is 0 Å². The molecule has 8 heteroatoms. The normalized spacial score (nSPS) is 27.4. The molecule has 5 rings (SSSR count). The fraction of sp³-hybridized carbons (Fsp3) is 0.514. The summed E-state index contributed by atoms with van der Waals surface area (Å²) < 4.78 is 6.98. The maximum Gasteiger partial charge on any atom is 0.253 e. The third-order valence-electron chi connectivity index (χ3n) is 9.77. The zero-order valence-electron chi connectivity index (χ0n) is 25.5. The fourth-order valence-corrected chi connectivity index (χ4v) is 7.87. The number of carbonyl (C=O) groups excluding carboxylic acids is 3. The van der Waals surface area contributed by atoms with Crippen LogP contribution in [0.3, 0.4) is 0 Å². The molecule has 1 spiro atoms. The van der Waals surface area contributed by atoms with Crippen LogP contribution in [0.25, 0.3) is 10.8 Å². The van der Waals surface area contributed by atoms with Gasteiger partial charge < -0.3 is 24.5 Å². The van der Waals surface area contributed by atoms with Crippen LogP contribution in [0.2, 0.25) is 0 Å². The number of fused-ring (bicyclic) bond motifs is 2. The van der Waals surface area contributed by atoms with Gasteiger partial charge in [0, 0.05) is 38.5 Å². The van der Waals surface area contributed by atoms with E-state index in [0.29, 0.717) is 51.7 Å². The number of amides is 3. The highest BCUT2D eigenvalue weighted by molar-refractivity contribution is 6.06. The number of aliphatic hydroxyl groups is 1. The number of hydrogen-bond donors (Lipinski definition) is 1. The van der Waals surface area contributed by atoms with E-state index in [1.54, 1.807) is 26.9 Å². The molecule has 43 heavy (non-hydrogen) atoms. The maximum absolute atomic E-state index is 14.8. The molecule has 2 unspecified atom stereocenters.